The maximum absolute atomic E-state index is 11.7. The summed E-state index contributed by atoms with van der Waals surface area (Å²) in [4.78, 5) is 14.2. The van der Waals surface area contributed by atoms with Crippen LogP contribution in [0.4, 0.5) is 0 Å². The molecule has 106 valence electrons. The summed E-state index contributed by atoms with van der Waals surface area (Å²) in [6.45, 7) is 0. The molecular formula is C15H11NO5. The van der Waals surface area contributed by atoms with Crippen LogP contribution in [0.1, 0.15) is 0 Å². The Morgan fingerprint density at radius 3 is 2.19 bits per heavy atom. The predicted molar refractivity (Wildman–Crippen MR) is 76.7 cm³/mol. The van der Waals surface area contributed by atoms with E-state index >= 15 is 0 Å². The molecule has 0 amide bonds. The summed E-state index contributed by atoms with van der Waals surface area (Å²) < 4.78 is 0. The van der Waals surface area contributed by atoms with Crippen molar-refractivity contribution in [3.05, 3.63) is 46.8 Å². The molecule has 0 aliphatic heterocycles. The average molecular weight is 285 g/mol. The predicted octanol–water partition coefficient (Wildman–Crippen LogP) is 2.02. The van der Waals surface area contributed by atoms with Crippen LogP contribution in [0.2, 0.25) is 0 Å². The zero-order valence-corrected chi connectivity index (χ0v) is 10.7. The van der Waals surface area contributed by atoms with Crippen LogP contribution in [0.5, 0.6) is 23.0 Å². The molecule has 6 nitrogen and oxygen atoms in total. The fourth-order valence-electron chi connectivity index (χ4n) is 2.26. The Morgan fingerprint density at radius 2 is 1.52 bits per heavy atom. The van der Waals surface area contributed by atoms with E-state index in [9.17, 15) is 25.2 Å². The van der Waals surface area contributed by atoms with Gasteiger partial charge in [0.1, 0.15) is 5.75 Å². The minimum Gasteiger partial charge on any atom is -0.508 e. The molecule has 0 fully saturated rings. The molecular weight excluding hydrogens is 274 g/mol. The molecule has 2 aromatic carbocycles. The van der Waals surface area contributed by atoms with Crippen LogP contribution in [0, 0.1) is 0 Å². The number of aromatic hydroxyl groups is 4. The summed E-state index contributed by atoms with van der Waals surface area (Å²) in [6.07, 6.45) is 0. The topological polar surface area (TPSA) is 114 Å². The highest BCUT2D eigenvalue weighted by molar-refractivity contribution is 6.01. The van der Waals surface area contributed by atoms with Gasteiger partial charge in [-0.15, -0.1) is 0 Å². The van der Waals surface area contributed by atoms with Crippen molar-refractivity contribution in [2.75, 3.05) is 0 Å². The standard InChI is InChI=1S/C15H11NO5/c17-8-3-1-7(2-4-8)9-5-12(19)16-10-6-11(18)14(20)15(21)13(9)10/h1-6,17-18,20-21H,(H,16,19). The lowest BCUT2D eigenvalue weighted by Crippen LogP contribution is -2.05. The second-order valence-corrected chi connectivity index (χ2v) is 4.61. The largest absolute Gasteiger partial charge is 0.508 e. The summed E-state index contributed by atoms with van der Waals surface area (Å²) >= 11 is 0. The van der Waals surface area contributed by atoms with E-state index in [4.69, 9.17) is 0 Å². The van der Waals surface area contributed by atoms with E-state index < -0.39 is 22.8 Å². The van der Waals surface area contributed by atoms with Gasteiger partial charge in [0.25, 0.3) is 0 Å². The number of rotatable bonds is 1. The van der Waals surface area contributed by atoms with E-state index in [0.717, 1.165) is 6.07 Å². The van der Waals surface area contributed by atoms with Gasteiger partial charge in [0, 0.05) is 17.7 Å². The molecule has 0 spiro atoms. The molecule has 0 unspecified atom stereocenters. The molecule has 3 rings (SSSR count). The van der Waals surface area contributed by atoms with Gasteiger partial charge in [0.2, 0.25) is 11.3 Å². The zero-order valence-electron chi connectivity index (χ0n) is 10.7. The van der Waals surface area contributed by atoms with Crippen LogP contribution >= 0.6 is 0 Å². The fraction of sp³-hybridized carbons (Fsp3) is 0. The molecule has 3 aromatic rings. The molecule has 0 radical (unpaired) electrons. The summed E-state index contributed by atoms with van der Waals surface area (Å²) in [5.74, 6) is -1.64. The van der Waals surface area contributed by atoms with Crippen LogP contribution < -0.4 is 5.56 Å². The SMILES string of the molecule is O=c1cc(-c2ccc(O)cc2)c2c(O)c(O)c(O)cc2[nH]1. The number of aromatic amines is 1. The minimum atomic E-state index is -0.658. The van der Waals surface area contributed by atoms with Crippen molar-refractivity contribution in [3.63, 3.8) is 0 Å². The fourth-order valence-corrected chi connectivity index (χ4v) is 2.26. The number of phenols is 4. The highest BCUT2D eigenvalue weighted by Gasteiger charge is 2.16. The Labute approximate surface area is 118 Å². The highest BCUT2D eigenvalue weighted by atomic mass is 16.3. The van der Waals surface area contributed by atoms with E-state index in [1.807, 2.05) is 0 Å². The Hall–Kier alpha value is -3.15. The Balaban J connectivity index is 2.44. The lowest BCUT2D eigenvalue weighted by Gasteiger charge is -2.10. The average Bonchev–Trinajstić information content (AvgIpc) is 2.44. The first-order valence-corrected chi connectivity index (χ1v) is 6.07. The molecule has 0 saturated heterocycles. The molecule has 0 aliphatic rings. The van der Waals surface area contributed by atoms with Gasteiger partial charge in [-0.25, -0.2) is 0 Å². The third kappa shape index (κ3) is 2.02. The van der Waals surface area contributed by atoms with Crippen molar-refractivity contribution in [2.45, 2.75) is 0 Å². The normalized spacial score (nSPS) is 10.9. The molecule has 0 aliphatic carbocycles. The van der Waals surface area contributed by atoms with Gasteiger partial charge in [-0.1, -0.05) is 12.1 Å². The Bertz CT molecular complexity index is 897. The van der Waals surface area contributed by atoms with Crippen LogP contribution in [-0.4, -0.2) is 25.4 Å². The maximum Gasteiger partial charge on any atom is 0.249 e. The molecule has 21 heavy (non-hydrogen) atoms. The summed E-state index contributed by atoms with van der Waals surface area (Å²) in [7, 11) is 0. The number of hydrogen-bond donors (Lipinski definition) is 5. The first-order valence-electron chi connectivity index (χ1n) is 6.07. The lowest BCUT2D eigenvalue weighted by atomic mass is 10.00. The van der Waals surface area contributed by atoms with Crippen LogP contribution in [-0.2, 0) is 0 Å². The van der Waals surface area contributed by atoms with Gasteiger partial charge >= 0.3 is 0 Å². The summed E-state index contributed by atoms with van der Waals surface area (Å²) in [6, 6.07) is 8.47. The van der Waals surface area contributed by atoms with Crippen molar-refractivity contribution in [3.8, 4) is 34.1 Å². The number of pyridine rings is 1. The Kier molecular flexibility index (Phi) is 2.72. The number of H-pyrrole nitrogens is 1. The van der Waals surface area contributed by atoms with Gasteiger partial charge < -0.3 is 25.4 Å². The van der Waals surface area contributed by atoms with E-state index in [1.165, 1.54) is 18.2 Å². The number of aromatic nitrogens is 1. The number of nitrogens with one attached hydrogen (secondary N) is 1. The second-order valence-electron chi connectivity index (χ2n) is 4.61. The monoisotopic (exact) mass is 285 g/mol. The lowest BCUT2D eigenvalue weighted by molar-refractivity contribution is 0.371. The Morgan fingerprint density at radius 1 is 0.857 bits per heavy atom. The van der Waals surface area contributed by atoms with Crippen molar-refractivity contribution in [2.24, 2.45) is 0 Å². The molecule has 6 heteroatoms. The second kappa shape index (κ2) is 4.45. The first kappa shape index (κ1) is 12.9. The number of benzene rings is 2. The van der Waals surface area contributed by atoms with Gasteiger partial charge in [0.15, 0.2) is 11.5 Å². The first-order chi connectivity index (χ1) is 9.97. The number of hydrogen-bond acceptors (Lipinski definition) is 5. The van der Waals surface area contributed by atoms with Crippen LogP contribution in [0.3, 0.4) is 0 Å². The minimum absolute atomic E-state index is 0.0672. The molecule has 1 heterocycles. The molecule has 0 bridgehead atoms. The summed E-state index contributed by atoms with van der Waals surface area (Å²) in [5, 5.41) is 38.7. The number of phenolic OH excluding ortho intramolecular Hbond substituents is 4. The van der Waals surface area contributed by atoms with Crippen molar-refractivity contribution >= 4 is 10.9 Å². The third-order valence-corrected chi connectivity index (χ3v) is 3.24. The molecule has 5 N–H and O–H groups in total. The van der Waals surface area contributed by atoms with Gasteiger partial charge in [-0.05, 0) is 17.7 Å². The summed E-state index contributed by atoms with van der Waals surface area (Å²) in [5.41, 5.74) is 0.722. The quantitative estimate of drug-likeness (QED) is 0.439. The molecule has 0 saturated carbocycles. The van der Waals surface area contributed by atoms with Crippen molar-refractivity contribution in [1.82, 2.24) is 4.98 Å². The van der Waals surface area contributed by atoms with E-state index in [2.05, 4.69) is 4.98 Å². The van der Waals surface area contributed by atoms with E-state index in [1.54, 1.807) is 12.1 Å². The number of fused-ring (bicyclic) bond motifs is 1. The molecule has 0 atom stereocenters. The smallest absolute Gasteiger partial charge is 0.249 e. The van der Waals surface area contributed by atoms with E-state index in [-0.39, 0.29) is 16.7 Å². The van der Waals surface area contributed by atoms with Crippen LogP contribution in [0.15, 0.2) is 41.2 Å². The van der Waals surface area contributed by atoms with E-state index in [0.29, 0.717) is 11.1 Å². The highest BCUT2D eigenvalue weighted by Crippen LogP contribution is 2.43. The van der Waals surface area contributed by atoms with Gasteiger partial charge in [-0.3, -0.25) is 4.79 Å². The maximum atomic E-state index is 11.7. The van der Waals surface area contributed by atoms with Crippen LogP contribution in [0.25, 0.3) is 22.0 Å². The van der Waals surface area contributed by atoms with Crippen molar-refractivity contribution in [1.29, 1.82) is 0 Å². The molecule has 1 aromatic heterocycles. The van der Waals surface area contributed by atoms with Crippen molar-refractivity contribution < 1.29 is 20.4 Å². The van der Waals surface area contributed by atoms with Gasteiger partial charge in [-0.2, -0.15) is 0 Å². The zero-order chi connectivity index (χ0) is 15.1. The third-order valence-electron chi connectivity index (χ3n) is 3.24. The van der Waals surface area contributed by atoms with Gasteiger partial charge in [0.05, 0.1) is 10.9 Å².